The second-order valence-corrected chi connectivity index (χ2v) is 20.7. The molecule has 68 heavy (non-hydrogen) atoms. The van der Waals surface area contributed by atoms with E-state index in [9.17, 15) is 19.8 Å². The fraction of sp³-hybridized carbons (Fsp3) is 0.871. The smallest absolute Gasteiger partial charge is 0.305 e. The normalized spacial score (nSPS) is 12.8. The summed E-state index contributed by atoms with van der Waals surface area (Å²) in [5, 5.41) is 23.0. The first kappa shape index (κ1) is 66.1. The highest BCUT2D eigenvalue weighted by molar-refractivity contribution is 5.76. The van der Waals surface area contributed by atoms with E-state index in [-0.39, 0.29) is 18.5 Å². The van der Waals surface area contributed by atoms with Gasteiger partial charge in [-0.1, -0.05) is 262 Å². The Balaban J connectivity index is 3.39. The highest BCUT2D eigenvalue weighted by Crippen LogP contribution is 2.16. The molecule has 0 aromatic heterocycles. The van der Waals surface area contributed by atoms with Crippen LogP contribution in [0.1, 0.15) is 322 Å². The zero-order valence-electron chi connectivity index (χ0n) is 45.6. The van der Waals surface area contributed by atoms with Gasteiger partial charge in [0.05, 0.1) is 25.4 Å². The molecular weight excluding hydrogens is 839 g/mol. The number of ether oxygens (including phenoxy) is 1. The van der Waals surface area contributed by atoms with Crippen LogP contribution in [0, 0.1) is 0 Å². The fourth-order valence-corrected chi connectivity index (χ4v) is 9.21. The summed E-state index contributed by atoms with van der Waals surface area (Å²) in [6.07, 6.45) is 71.9. The third kappa shape index (κ3) is 53.4. The summed E-state index contributed by atoms with van der Waals surface area (Å²) in [5.74, 6) is -0.0646. The Bertz CT molecular complexity index is 1100. The summed E-state index contributed by atoms with van der Waals surface area (Å²) in [7, 11) is 0. The summed E-state index contributed by atoms with van der Waals surface area (Å²) in [6, 6.07) is -0.627. The van der Waals surface area contributed by atoms with Gasteiger partial charge in [0.1, 0.15) is 0 Å². The van der Waals surface area contributed by atoms with Crippen molar-refractivity contribution >= 4 is 11.9 Å². The number of carbonyl (C=O) groups is 2. The first-order valence-electron chi connectivity index (χ1n) is 30.3. The maximum Gasteiger partial charge on any atom is 0.305 e. The molecule has 0 aromatic rings. The molecule has 6 nitrogen and oxygen atoms in total. The van der Waals surface area contributed by atoms with Crippen molar-refractivity contribution in [2.24, 2.45) is 0 Å². The molecule has 0 saturated heterocycles. The van der Waals surface area contributed by atoms with Gasteiger partial charge in [-0.25, -0.2) is 0 Å². The first-order valence-corrected chi connectivity index (χ1v) is 30.3. The zero-order valence-corrected chi connectivity index (χ0v) is 45.6. The standard InChI is InChI=1S/C62H117NO5/c1-3-5-7-9-11-13-15-31-36-40-44-48-52-56-62(67)68-57-53-49-45-41-37-33-30-28-26-24-22-20-18-16-17-19-21-23-25-27-29-32-35-39-43-47-51-55-61(66)63-59(58-64)60(65)54-50-46-42-38-34-14-12-10-8-6-4-2/h13,15-17,50,54,59-60,64-65H,3-12,14,18-49,51-53,55-58H2,1-2H3,(H,63,66)/b15-13-,17-16-,54-50+. The van der Waals surface area contributed by atoms with E-state index in [1.54, 1.807) is 6.08 Å². The molecule has 2 unspecified atom stereocenters. The maximum absolute atomic E-state index is 12.4. The van der Waals surface area contributed by atoms with Crippen LogP contribution in [0.3, 0.4) is 0 Å². The second kappa shape index (κ2) is 57.7. The van der Waals surface area contributed by atoms with Crippen LogP contribution in [0.5, 0.6) is 0 Å². The molecule has 0 spiro atoms. The Morgan fingerprint density at radius 2 is 0.691 bits per heavy atom. The molecule has 0 radical (unpaired) electrons. The third-order valence-corrected chi connectivity index (χ3v) is 13.9. The van der Waals surface area contributed by atoms with Gasteiger partial charge in [0.15, 0.2) is 0 Å². The van der Waals surface area contributed by atoms with Gasteiger partial charge in [-0.05, 0) is 83.5 Å². The van der Waals surface area contributed by atoms with Gasteiger partial charge in [-0.3, -0.25) is 9.59 Å². The number of rotatable bonds is 56. The van der Waals surface area contributed by atoms with E-state index in [0.29, 0.717) is 19.4 Å². The second-order valence-electron chi connectivity index (χ2n) is 20.7. The van der Waals surface area contributed by atoms with E-state index in [0.717, 1.165) is 44.9 Å². The lowest BCUT2D eigenvalue weighted by molar-refractivity contribution is -0.143. The van der Waals surface area contributed by atoms with Crippen molar-refractivity contribution in [3.8, 4) is 0 Å². The number of carbonyl (C=O) groups excluding carboxylic acids is 2. The number of hydrogen-bond donors (Lipinski definition) is 3. The molecule has 0 saturated carbocycles. The van der Waals surface area contributed by atoms with E-state index < -0.39 is 12.1 Å². The largest absolute Gasteiger partial charge is 0.466 e. The molecule has 0 rings (SSSR count). The number of allylic oxidation sites excluding steroid dienone is 5. The molecule has 0 aliphatic carbocycles. The molecule has 3 N–H and O–H groups in total. The maximum atomic E-state index is 12.4. The fourth-order valence-electron chi connectivity index (χ4n) is 9.21. The summed E-state index contributed by atoms with van der Waals surface area (Å²) in [5.41, 5.74) is 0. The highest BCUT2D eigenvalue weighted by Gasteiger charge is 2.18. The minimum atomic E-state index is -0.843. The minimum Gasteiger partial charge on any atom is -0.466 e. The SMILES string of the molecule is CCCCCC/C=C\CCCCCCCC(=O)OCCCCCCCCCCCCCC/C=C\CCCCCCCCCCCCCC(=O)NC(CO)C(O)/C=C/CCCCCCCCCCC. The summed E-state index contributed by atoms with van der Waals surface area (Å²) in [4.78, 5) is 24.4. The number of unbranched alkanes of at least 4 members (excludes halogenated alkanes) is 41. The van der Waals surface area contributed by atoms with Gasteiger partial charge in [-0.15, -0.1) is 0 Å². The van der Waals surface area contributed by atoms with Crippen LogP contribution in [-0.2, 0) is 14.3 Å². The van der Waals surface area contributed by atoms with Gasteiger partial charge in [0, 0.05) is 12.8 Å². The number of aliphatic hydroxyl groups is 2. The monoisotopic (exact) mass is 956 g/mol. The van der Waals surface area contributed by atoms with Crippen molar-refractivity contribution in [3.05, 3.63) is 36.5 Å². The number of aliphatic hydroxyl groups excluding tert-OH is 2. The van der Waals surface area contributed by atoms with Crippen LogP contribution in [0.4, 0.5) is 0 Å². The Labute approximate surface area is 424 Å². The number of hydrogen-bond acceptors (Lipinski definition) is 5. The van der Waals surface area contributed by atoms with Crippen LogP contribution in [0.2, 0.25) is 0 Å². The lowest BCUT2D eigenvalue weighted by atomic mass is 10.0. The van der Waals surface area contributed by atoms with E-state index in [1.165, 1.54) is 250 Å². The lowest BCUT2D eigenvalue weighted by Gasteiger charge is -2.20. The zero-order chi connectivity index (χ0) is 49.3. The minimum absolute atomic E-state index is 0.00516. The van der Waals surface area contributed by atoms with Crippen molar-refractivity contribution in [2.75, 3.05) is 13.2 Å². The van der Waals surface area contributed by atoms with E-state index >= 15 is 0 Å². The Morgan fingerprint density at radius 1 is 0.397 bits per heavy atom. The average Bonchev–Trinajstić information content (AvgIpc) is 3.34. The van der Waals surface area contributed by atoms with Crippen molar-refractivity contribution in [3.63, 3.8) is 0 Å². The van der Waals surface area contributed by atoms with Gasteiger partial charge in [0.2, 0.25) is 5.91 Å². The number of amides is 1. The third-order valence-electron chi connectivity index (χ3n) is 13.9. The van der Waals surface area contributed by atoms with Gasteiger partial charge >= 0.3 is 5.97 Å². The Morgan fingerprint density at radius 3 is 1.06 bits per heavy atom. The molecule has 0 aliphatic rings. The van der Waals surface area contributed by atoms with E-state index in [2.05, 4.69) is 43.5 Å². The van der Waals surface area contributed by atoms with Crippen molar-refractivity contribution in [1.29, 1.82) is 0 Å². The predicted octanol–water partition coefficient (Wildman–Crippen LogP) is 18.8. The quantitative estimate of drug-likeness (QED) is 0.0321. The number of esters is 1. The predicted molar refractivity (Wildman–Crippen MR) is 296 cm³/mol. The van der Waals surface area contributed by atoms with E-state index in [4.69, 9.17) is 4.74 Å². The summed E-state index contributed by atoms with van der Waals surface area (Å²) < 4.78 is 5.47. The molecule has 0 aliphatic heterocycles. The molecule has 0 aromatic carbocycles. The lowest BCUT2D eigenvalue weighted by Crippen LogP contribution is -2.45. The Kier molecular flexibility index (Phi) is 56.0. The number of nitrogens with one attached hydrogen (secondary N) is 1. The molecule has 2 atom stereocenters. The molecule has 400 valence electrons. The topological polar surface area (TPSA) is 95.9 Å². The van der Waals surface area contributed by atoms with E-state index in [1.807, 2.05) is 6.08 Å². The molecular formula is C62H117NO5. The first-order chi connectivity index (χ1) is 33.5. The average molecular weight is 957 g/mol. The van der Waals surface area contributed by atoms with Crippen LogP contribution in [0.15, 0.2) is 36.5 Å². The highest BCUT2D eigenvalue weighted by atomic mass is 16.5. The van der Waals surface area contributed by atoms with Gasteiger partial charge < -0.3 is 20.3 Å². The van der Waals surface area contributed by atoms with Gasteiger partial charge in [0.25, 0.3) is 0 Å². The van der Waals surface area contributed by atoms with Crippen LogP contribution in [-0.4, -0.2) is 47.4 Å². The van der Waals surface area contributed by atoms with Crippen LogP contribution >= 0.6 is 0 Å². The Hall–Kier alpha value is -1.92. The van der Waals surface area contributed by atoms with Crippen LogP contribution < -0.4 is 5.32 Å². The van der Waals surface area contributed by atoms with Crippen LogP contribution in [0.25, 0.3) is 0 Å². The summed E-state index contributed by atoms with van der Waals surface area (Å²) in [6.45, 7) is 4.88. The molecule has 1 amide bonds. The molecule has 0 bridgehead atoms. The van der Waals surface area contributed by atoms with Crippen molar-refractivity contribution < 1.29 is 24.5 Å². The molecule has 0 fully saturated rings. The molecule has 6 heteroatoms. The molecule has 0 heterocycles. The van der Waals surface area contributed by atoms with Crippen molar-refractivity contribution in [2.45, 2.75) is 334 Å². The van der Waals surface area contributed by atoms with Crippen molar-refractivity contribution in [1.82, 2.24) is 5.32 Å². The van der Waals surface area contributed by atoms with Gasteiger partial charge in [-0.2, -0.15) is 0 Å². The summed E-state index contributed by atoms with van der Waals surface area (Å²) >= 11 is 0.